The predicted octanol–water partition coefficient (Wildman–Crippen LogP) is -0.119. The van der Waals surface area contributed by atoms with Gasteiger partial charge in [-0.15, -0.1) is 0 Å². The average Bonchev–Trinajstić information content (AvgIpc) is 2.15. The Balaban J connectivity index is 2.44. The summed E-state index contributed by atoms with van der Waals surface area (Å²) >= 11 is 0. The lowest BCUT2D eigenvalue weighted by Gasteiger charge is -2.36. The van der Waals surface area contributed by atoms with Gasteiger partial charge in [0.25, 0.3) is 0 Å². The molecule has 94 valence electrons. The van der Waals surface area contributed by atoms with Gasteiger partial charge in [0.2, 0.25) is 0 Å². The van der Waals surface area contributed by atoms with E-state index in [-0.39, 0.29) is 18.7 Å². The van der Waals surface area contributed by atoms with Crippen LogP contribution in [0.5, 0.6) is 0 Å². The second-order valence-electron chi connectivity index (χ2n) is 4.75. The summed E-state index contributed by atoms with van der Waals surface area (Å²) in [6, 6.07) is 0.0298. The summed E-state index contributed by atoms with van der Waals surface area (Å²) in [6.07, 6.45) is 2.06. The predicted molar refractivity (Wildman–Crippen MR) is 61.1 cm³/mol. The molecular formula is C11H22N2O3. The molecule has 5 nitrogen and oxygen atoms in total. The first kappa shape index (κ1) is 13.4. The fraction of sp³-hybridized carbons (Fsp3) is 0.909. The van der Waals surface area contributed by atoms with Crippen LogP contribution in [0.3, 0.4) is 0 Å². The van der Waals surface area contributed by atoms with E-state index in [1.165, 1.54) is 0 Å². The van der Waals surface area contributed by atoms with Gasteiger partial charge >= 0.3 is 5.97 Å². The van der Waals surface area contributed by atoms with E-state index < -0.39 is 5.97 Å². The van der Waals surface area contributed by atoms with Crippen LogP contribution in [0.1, 0.15) is 26.2 Å². The normalized spacial score (nSPS) is 28.9. The lowest BCUT2D eigenvalue weighted by Crippen LogP contribution is -2.49. The molecule has 4 N–H and O–H groups in total. The van der Waals surface area contributed by atoms with E-state index in [0.717, 1.165) is 25.8 Å². The summed E-state index contributed by atoms with van der Waals surface area (Å²) in [5.74, 6) is -0.498. The number of hydrogen-bond donors (Lipinski definition) is 3. The second kappa shape index (κ2) is 6.18. The number of carboxylic acids is 1. The molecule has 16 heavy (non-hydrogen) atoms. The smallest absolute Gasteiger partial charge is 0.317 e. The minimum Gasteiger partial charge on any atom is -0.480 e. The summed E-state index contributed by atoms with van der Waals surface area (Å²) in [5.41, 5.74) is 5.89. The van der Waals surface area contributed by atoms with Crippen molar-refractivity contribution in [2.24, 2.45) is 11.7 Å². The van der Waals surface area contributed by atoms with Crippen LogP contribution in [-0.4, -0.2) is 52.9 Å². The van der Waals surface area contributed by atoms with Crippen molar-refractivity contribution >= 4 is 5.97 Å². The molecule has 0 aromatic heterocycles. The molecule has 0 radical (unpaired) electrons. The molecule has 1 fully saturated rings. The van der Waals surface area contributed by atoms with Crippen molar-refractivity contribution in [1.82, 2.24) is 4.90 Å². The number of nitrogens with zero attached hydrogens (tertiary/aromatic N) is 1. The van der Waals surface area contributed by atoms with Gasteiger partial charge in [0, 0.05) is 19.1 Å². The molecule has 5 heteroatoms. The SMILES string of the molecule is CCC(O)CC1CC(N)CN(CC(=O)O)C1. The van der Waals surface area contributed by atoms with Crippen LogP contribution in [0.15, 0.2) is 0 Å². The summed E-state index contributed by atoms with van der Waals surface area (Å²) in [5, 5.41) is 18.3. The first-order valence-electron chi connectivity index (χ1n) is 5.89. The Morgan fingerprint density at radius 2 is 2.25 bits per heavy atom. The Hall–Kier alpha value is -0.650. The largest absolute Gasteiger partial charge is 0.480 e. The fourth-order valence-electron chi connectivity index (χ4n) is 2.39. The van der Waals surface area contributed by atoms with Gasteiger partial charge in [0.1, 0.15) is 0 Å². The number of nitrogens with two attached hydrogens (primary N) is 1. The molecule has 1 heterocycles. The molecule has 3 unspecified atom stereocenters. The van der Waals surface area contributed by atoms with Crippen molar-refractivity contribution in [3.8, 4) is 0 Å². The highest BCUT2D eigenvalue weighted by Gasteiger charge is 2.27. The number of piperidine rings is 1. The van der Waals surface area contributed by atoms with Gasteiger partial charge in [-0.25, -0.2) is 0 Å². The number of rotatable bonds is 5. The number of likely N-dealkylation sites (tertiary alicyclic amines) is 1. The zero-order valence-electron chi connectivity index (χ0n) is 9.80. The van der Waals surface area contributed by atoms with Crippen LogP contribution in [-0.2, 0) is 4.79 Å². The van der Waals surface area contributed by atoms with Crippen molar-refractivity contribution in [1.29, 1.82) is 0 Å². The van der Waals surface area contributed by atoms with E-state index in [2.05, 4.69) is 0 Å². The lowest BCUT2D eigenvalue weighted by molar-refractivity contribution is -0.138. The van der Waals surface area contributed by atoms with Gasteiger partial charge in [0.15, 0.2) is 0 Å². The maximum atomic E-state index is 10.6. The Morgan fingerprint density at radius 1 is 1.56 bits per heavy atom. The van der Waals surface area contributed by atoms with Crippen molar-refractivity contribution in [3.05, 3.63) is 0 Å². The number of aliphatic hydroxyl groups excluding tert-OH is 1. The highest BCUT2D eigenvalue weighted by molar-refractivity contribution is 5.69. The lowest BCUT2D eigenvalue weighted by atomic mass is 9.89. The molecule has 1 aliphatic heterocycles. The van der Waals surface area contributed by atoms with Crippen molar-refractivity contribution in [2.75, 3.05) is 19.6 Å². The topological polar surface area (TPSA) is 86.8 Å². The van der Waals surface area contributed by atoms with E-state index in [1.54, 1.807) is 0 Å². The molecule has 0 aliphatic carbocycles. The fourth-order valence-corrected chi connectivity index (χ4v) is 2.39. The van der Waals surface area contributed by atoms with Crippen LogP contribution in [0.4, 0.5) is 0 Å². The Bertz CT molecular complexity index is 235. The third-order valence-electron chi connectivity index (χ3n) is 3.08. The molecule has 1 aliphatic rings. The minimum absolute atomic E-state index is 0.0298. The zero-order valence-corrected chi connectivity index (χ0v) is 9.80. The first-order chi connectivity index (χ1) is 7.51. The van der Waals surface area contributed by atoms with Crippen LogP contribution in [0, 0.1) is 5.92 Å². The molecule has 0 bridgehead atoms. The van der Waals surface area contributed by atoms with Gasteiger partial charge in [-0.1, -0.05) is 6.92 Å². The highest BCUT2D eigenvalue weighted by Crippen LogP contribution is 2.21. The van der Waals surface area contributed by atoms with E-state index in [0.29, 0.717) is 12.5 Å². The molecule has 0 saturated carbocycles. The van der Waals surface area contributed by atoms with E-state index in [1.807, 2.05) is 11.8 Å². The standard InChI is InChI=1S/C11H22N2O3/c1-2-10(14)4-8-3-9(12)6-13(5-8)7-11(15)16/h8-10,14H,2-7,12H2,1H3,(H,15,16). The summed E-state index contributed by atoms with van der Waals surface area (Å²) in [6.45, 7) is 3.37. The van der Waals surface area contributed by atoms with E-state index in [9.17, 15) is 9.90 Å². The molecule has 1 rings (SSSR count). The van der Waals surface area contributed by atoms with Crippen molar-refractivity contribution < 1.29 is 15.0 Å². The second-order valence-corrected chi connectivity index (χ2v) is 4.75. The Labute approximate surface area is 96.2 Å². The zero-order chi connectivity index (χ0) is 12.1. The Morgan fingerprint density at radius 3 is 2.81 bits per heavy atom. The summed E-state index contributed by atoms with van der Waals surface area (Å²) in [4.78, 5) is 12.5. The number of aliphatic hydroxyl groups is 1. The van der Waals surface area contributed by atoms with Crippen LogP contribution in [0.2, 0.25) is 0 Å². The van der Waals surface area contributed by atoms with E-state index in [4.69, 9.17) is 10.8 Å². The van der Waals surface area contributed by atoms with Gasteiger partial charge < -0.3 is 15.9 Å². The van der Waals surface area contributed by atoms with Crippen LogP contribution >= 0.6 is 0 Å². The maximum absolute atomic E-state index is 10.6. The number of aliphatic carboxylic acids is 1. The van der Waals surface area contributed by atoms with Gasteiger partial charge in [-0.2, -0.15) is 0 Å². The molecule has 3 atom stereocenters. The van der Waals surface area contributed by atoms with Gasteiger partial charge in [-0.3, -0.25) is 9.69 Å². The Kier molecular flexibility index (Phi) is 5.18. The van der Waals surface area contributed by atoms with Crippen molar-refractivity contribution in [2.45, 2.75) is 38.3 Å². The number of hydrogen-bond acceptors (Lipinski definition) is 4. The molecule has 1 saturated heterocycles. The molecule has 0 spiro atoms. The summed E-state index contributed by atoms with van der Waals surface area (Å²) < 4.78 is 0. The number of carbonyl (C=O) groups is 1. The van der Waals surface area contributed by atoms with Gasteiger partial charge in [-0.05, 0) is 25.2 Å². The monoisotopic (exact) mass is 230 g/mol. The molecular weight excluding hydrogens is 208 g/mol. The third kappa shape index (κ3) is 4.47. The maximum Gasteiger partial charge on any atom is 0.317 e. The molecule has 0 amide bonds. The molecule has 0 aromatic rings. The van der Waals surface area contributed by atoms with Crippen LogP contribution in [0.25, 0.3) is 0 Å². The average molecular weight is 230 g/mol. The minimum atomic E-state index is -0.816. The first-order valence-corrected chi connectivity index (χ1v) is 5.89. The summed E-state index contributed by atoms with van der Waals surface area (Å²) in [7, 11) is 0. The van der Waals surface area contributed by atoms with Crippen molar-refractivity contribution in [3.63, 3.8) is 0 Å². The highest BCUT2D eigenvalue weighted by atomic mass is 16.4. The quantitative estimate of drug-likeness (QED) is 0.613. The molecule has 0 aromatic carbocycles. The number of carboxylic acid groups (broad SMARTS) is 1. The van der Waals surface area contributed by atoms with E-state index >= 15 is 0 Å². The third-order valence-corrected chi connectivity index (χ3v) is 3.08. The van der Waals surface area contributed by atoms with Crippen LogP contribution < -0.4 is 5.73 Å². The van der Waals surface area contributed by atoms with Gasteiger partial charge in [0.05, 0.1) is 12.6 Å².